The van der Waals surface area contributed by atoms with Crippen molar-refractivity contribution in [3.05, 3.63) is 36.0 Å². The van der Waals surface area contributed by atoms with Gasteiger partial charge in [0.25, 0.3) is 5.91 Å². The SMILES string of the molecule is CCC1(C(=O)O)CCCN1C(=O)CNC(=O)c1cc2ccccc2[nH]1. The van der Waals surface area contributed by atoms with Crippen molar-refractivity contribution >= 4 is 28.7 Å². The van der Waals surface area contributed by atoms with Crippen molar-refractivity contribution in [2.75, 3.05) is 13.1 Å². The van der Waals surface area contributed by atoms with Crippen LogP contribution in [0, 0.1) is 0 Å². The van der Waals surface area contributed by atoms with E-state index < -0.39 is 11.5 Å². The van der Waals surface area contributed by atoms with Gasteiger partial charge in [-0.15, -0.1) is 0 Å². The van der Waals surface area contributed by atoms with Crippen molar-refractivity contribution < 1.29 is 19.5 Å². The second kappa shape index (κ2) is 6.58. The summed E-state index contributed by atoms with van der Waals surface area (Å²) in [5, 5.41) is 13.0. The number of hydrogen-bond donors (Lipinski definition) is 3. The van der Waals surface area contributed by atoms with Crippen molar-refractivity contribution in [3.63, 3.8) is 0 Å². The molecule has 1 atom stereocenters. The van der Waals surface area contributed by atoms with E-state index in [9.17, 15) is 19.5 Å². The molecule has 2 amide bonds. The summed E-state index contributed by atoms with van der Waals surface area (Å²) in [4.78, 5) is 40.8. The Morgan fingerprint density at radius 2 is 2.08 bits per heavy atom. The van der Waals surface area contributed by atoms with E-state index in [-0.39, 0.29) is 18.4 Å². The first-order chi connectivity index (χ1) is 12.0. The number of para-hydroxylation sites is 1. The van der Waals surface area contributed by atoms with E-state index in [0.29, 0.717) is 31.5 Å². The number of nitrogens with one attached hydrogen (secondary N) is 2. The third-order valence-electron chi connectivity index (χ3n) is 4.95. The van der Waals surface area contributed by atoms with E-state index in [1.807, 2.05) is 24.3 Å². The van der Waals surface area contributed by atoms with Crippen LogP contribution in [-0.4, -0.2) is 51.4 Å². The Morgan fingerprint density at radius 1 is 1.32 bits per heavy atom. The number of nitrogens with zero attached hydrogens (tertiary/aromatic N) is 1. The summed E-state index contributed by atoms with van der Waals surface area (Å²) in [6.07, 6.45) is 1.45. The number of fused-ring (bicyclic) bond motifs is 1. The summed E-state index contributed by atoms with van der Waals surface area (Å²) in [5.74, 6) is -1.74. The van der Waals surface area contributed by atoms with Crippen molar-refractivity contribution in [2.24, 2.45) is 0 Å². The number of likely N-dealkylation sites (tertiary alicyclic amines) is 1. The number of aromatic amines is 1. The fourth-order valence-corrected chi connectivity index (χ4v) is 3.53. The topological polar surface area (TPSA) is 102 Å². The first-order valence-electron chi connectivity index (χ1n) is 8.38. The predicted octanol–water partition coefficient (Wildman–Crippen LogP) is 1.75. The molecule has 2 heterocycles. The molecule has 0 spiro atoms. The predicted molar refractivity (Wildman–Crippen MR) is 92.2 cm³/mol. The molecule has 1 fully saturated rings. The summed E-state index contributed by atoms with van der Waals surface area (Å²) in [7, 11) is 0. The number of carboxylic acids is 1. The maximum atomic E-state index is 12.5. The van der Waals surface area contributed by atoms with E-state index in [2.05, 4.69) is 10.3 Å². The number of aromatic nitrogens is 1. The van der Waals surface area contributed by atoms with Gasteiger partial charge in [-0.1, -0.05) is 25.1 Å². The Morgan fingerprint density at radius 3 is 2.76 bits per heavy atom. The van der Waals surface area contributed by atoms with Gasteiger partial charge in [0.1, 0.15) is 11.2 Å². The van der Waals surface area contributed by atoms with Gasteiger partial charge >= 0.3 is 5.97 Å². The van der Waals surface area contributed by atoms with Crippen molar-refractivity contribution in [2.45, 2.75) is 31.7 Å². The van der Waals surface area contributed by atoms with Gasteiger partial charge in [0, 0.05) is 17.4 Å². The molecular formula is C18H21N3O4. The molecule has 25 heavy (non-hydrogen) atoms. The summed E-state index contributed by atoms with van der Waals surface area (Å²) in [5.41, 5.74) is 0.0629. The number of aliphatic carboxylic acids is 1. The number of carbonyl (C=O) groups excluding carboxylic acids is 2. The van der Waals surface area contributed by atoms with E-state index in [4.69, 9.17) is 0 Å². The van der Waals surface area contributed by atoms with Gasteiger partial charge in [0.2, 0.25) is 5.91 Å². The number of H-pyrrole nitrogens is 1. The minimum absolute atomic E-state index is 0.219. The minimum atomic E-state index is -1.15. The monoisotopic (exact) mass is 343 g/mol. The molecule has 0 radical (unpaired) electrons. The van der Waals surface area contributed by atoms with Crippen molar-refractivity contribution in [1.29, 1.82) is 0 Å². The fraction of sp³-hybridized carbons (Fsp3) is 0.389. The first-order valence-corrected chi connectivity index (χ1v) is 8.38. The summed E-state index contributed by atoms with van der Waals surface area (Å²) < 4.78 is 0. The highest BCUT2D eigenvalue weighted by Crippen LogP contribution is 2.32. The molecule has 1 aliphatic heterocycles. The van der Waals surface area contributed by atoms with E-state index in [1.54, 1.807) is 13.0 Å². The molecule has 7 nitrogen and oxygen atoms in total. The maximum Gasteiger partial charge on any atom is 0.329 e. The molecule has 0 saturated carbocycles. The molecule has 1 aromatic carbocycles. The van der Waals surface area contributed by atoms with Gasteiger partial charge in [-0.3, -0.25) is 9.59 Å². The number of hydrogen-bond acceptors (Lipinski definition) is 3. The molecule has 7 heteroatoms. The quantitative estimate of drug-likeness (QED) is 0.769. The van der Waals surface area contributed by atoms with Crippen LogP contribution in [0.4, 0.5) is 0 Å². The molecule has 1 unspecified atom stereocenters. The average molecular weight is 343 g/mol. The average Bonchev–Trinajstić information content (AvgIpc) is 3.23. The highest BCUT2D eigenvalue weighted by molar-refractivity contribution is 5.99. The highest BCUT2D eigenvalue weighted by Gasteiger charge is 2.48. The zero-order valence-corrected chi connectivity index (χ0v) is 14.0. The number of carboxylic acid groups (broad SMARTS) is 1. The van der Waals surface area contributed by atoms with Gasteiger partial charge < -0.3 is 20.3 Å². The third kappa shape index (κ3) is 2.97. The fourth-order valence-electron chi connectivity index (χ4n) is 3.53. The Bertz CT molecular complexity index is 796. The standard InChI is InChI=1S/C18H21N3O4/c1-2-18(17(24)25)8-5-9-21(18)15(22)11-19-16(23)14-10-12-6-3-4-7-13(12)20-14/h3-4,6-7,10,20H,2,5,8-9,11H2,1H3,(H,19,23)(H,24,25). The Labute approximate surface area is 145 Å². The van der Waals surface area contributed by atoms with Gasteiger partial charge in [-0.25, -0.2) is 4.79 Å². The molecule has 0 aliphatic carbocycles. The van der Waals surface area contributed by atoms with Crippen LogP contribution in [0.2, 0.25) is 0 Å². The Hall–Kier alpha value is -2.83. The summed E-state index contributed by atoms with van der Waals surface area (Å²) >= 11 is 0. The lowest BCUT2D eigenvalue weighted by molar-refractivity contribution is -0.156. The minimum Gasteiger partial charge on any atom is -0.479 e. The van der Waals surface area contributed by atoms with E-state index >= 15 is 0 Å². The van der Waals surface area contributed by atoms with Gasteiger partial charge in [-0.05, 0) is 31.4 Å². The Balaban J connectivity index is 1.67. The maximum absolute atomic E-state index is 12.5. The number of rotatable bonds is 5. The Kier molecular flexibility index (Phi) is 4.48. The van der Waals surface area contributed by atoms with Gasteiger partial charge in [-0.2, -0.15) is 0 Å². The zero-order chi connectivity index (χ0) is 18.0. The number of benzene rings is 1. The van der Waals surface area contributed by atoms with Crippen LogP contribution >= 0.6 is 0 Å². The van der Waals surface area contributed by atoms with Crippen LogP contribution in [0.1, 0.15) is 36.7 Å². The van der Waals surface area contributed by atoms with E-state index in [1.165, 1.54) is 4.90 Å². The summed E-state index contributed by atoms with van der Waals surface area (Å²) in [6, 6.07) is 9.22. The molecular weight excluding hydrogens is 322 g/mol. The van der Waals surface area contributed by atoms with Crippen LogP contribution in [0.5, 0.6) is 0 Å². The van der Waals surface area contributed by atoms with Gasteiger partial charge in [0.05, 0.1) is 6.54 Å². The normalized spacial score (nSPS) is 20.0. The van der Waals surface area contributed by atoms with Gasteiger partial charge in [0.15, 0.2) is 0 Å². The molecule has 3 rings (SSSR count). The number of carbonyl (C=O) groups is 3. The molecule has 3 N–H and O–H groups in total. The van der Waals surface area contributed by atoms with Crippen LogP contribution in [0.25, 0.3) is 10.9 Å². The molecule has 2 aromatic rings. The van der Waals surface area contributed by atoms with Crippen LogP contribution < -0.4 is 5.32 Å². The lowest BCUT2D eigenvalue weighted by atomic mass is 9.93. The van der Waals surface area contributed by atoms with Crippen LogP contribution in [-0.2, 0) is 9.59 Å². The number of amides is 2. The summed E-state index contributed by atoms with van der Waals surface area (Å²) in [6.45, 7) is 1.95. The molecule has 1 aliphatic rings. The lowest BCUT2D eigenvalue weighted by Crippen LogP contribution is -2.55. The zero-order valence-electron chi connectivity index (χ0n) is 14.0. The van der Waals surface area contributed by atoms with Crippen LogP contribution in [0.3, 0.4) is 0 Å². The second-order valence-corrected chi connectivity index (χ2v) is 6.29. The second-order valence-electron chi connectivity index (χ2n) is 6.29. The van der Waals surface area contributed by atoms with Crippen molar-refractivity contribution in [1.82, 2.24) is 15.2 Å². The van der Waals surface area contributed by atoms with Crippen molar-refractivity contribution in [3.8, 4) is 0 Å². The molecule has 1 aromatic heterocycles. The largest absolute Gasteiger partial charge is 0.479 e. The van der Waals surface area contributed by atoms with Crippen LogP contribution in [0.15, 0.2) is 30.3 Å². The third-order valence-corrected chi connectivity index (χ3v) is 4.95. The smallest absolute Gasteiger partial charge is 0.329 e. The molecule has 132 valence electrons. The van der Waals surface area contributed by atoms with E-state index in [0.717, 1.165) is 10.9 Å². The highest BCUT2D eigenvalue weighted by atomic mass is 16.4. The lowest BCUT2D eigenvalue weighted by Gasteiger charge is -2.33. The molecule has 0 bridgehead atoms. The first kappa shape index (κ1) is 17.0. The molecule has 1 saturated heterocycles.